The number of anilines is 3. The van der Waals surface area contributed by atoms with Gasteiger partial charge in [0.2, 0.25) is 0 Å². The van der Waals surface area contributed by atoms with Gasteiger partial charge >= 0.3 is 0 Å². The SMILES string of the molecule is CNc1cc2nc3c(cnn13)C(=O)NCCOc1cc(F)ccc1N2. The number of carbonyl (C=O) groups is 1. The summed E-state index contributed by atoms with van der Waals surface area (Å²) in [7, 11) is 1.75. The first-order valence-corrected chi connectivity index (χ1v) is 7.70. The highest BCUT2D eigenvalue weighted by molar-refractivity contribution is 6.00. The minimum Gasteiger partial charge on any atom is -0.489 e. The van der Waals surface area contributed by atoms with Crippen LogP contribution in [-0.4, -0.2) is 40.7 Å². The Kier molecular flexibility index (Phi) is 3.60. The number of nitrogens with zero attached hydrogens (tertiary/aromatic N) is 3. The van der Waals surface area contributed by atoms with Crippen LogP contribution < -0.4 is 20.7 Å². The molecule has 0 spiro atoms. The van der Waals surface area contributed by atoms with E-state index in [1.807, 2.05) is 0 Å². The minimum absolute atomic E-state index is 0.206. The van der Waals surface area contributed by atoms with Crippen LogP contribution in [0.5, 0.6) is 5.75 Å². The van der Waals surface area contributed by atoms with Gasteiger partial charge < -0.3 is 20.7 Å². The Hall–Kier alpha value is -3.36. The average Bonchev–Trinajstić information content (AvgIpc) is 3.03. The summed E-state index contributed by atoms with van der Waals surface area (Å²) in [5.41, 5.74) is 1.35. The van der Waals surface area contributed by atoms with E-state index in [1.165, 1.54) is 18.3 Å². The topological polar surface area (TPSA) is 92.6 Å². The maximum Gasteiger partial charge on any atom is 0.256 e. The number of aromatic nitrogens is 3. The van der Waals surface area contributed by atoms with Crippen LogP contribution in [0.3, 0.4) is 0 Å². The van der Waals surface area contributed by atoms with E-state index in [0.29, 0.717) is 34.3 Å². The Balaban J connectivity index is 1.90. The molecule has 4 rings (SSSR count). The molecule has 1 aliphatic heterocycles. The fourth-order valence-corrected chi connectivity index (χ4v) is 2.64. The zero-order valence-corrected chi connectivity index (χ0v) is 13.3. The van der Waals surface area contributed by atoms with Crippen molar-refractivity contribution in [3.05, 3.63) is 41.8 Å². The largest absolute Gasteiger partial charge is 0.489 e. The van der Waals surface area contributed by atoms with Crippen LogP contribution in [0, 0.1) is 5.82 Å². The Labute approximate surface area is 142 Å². The maximum absolute atomic E-state index is 13.5. The standard InChI is InChI=1S/C16H15FN6O2/c1-18-14-7-13-21-11-3-2-9(17)6-12(11)25-5-4-19-16(24)10-8-20-23(14)15(10)22-13/h2-3,6-8,18H,4-5H2,1H3,(H,19,24)(H,21,22). The van der Waals surface area contributed by atoms with Gasteiger partial charge in [-0.2, -0.15) is 9.61 Å². The monoisotopic (exact) mass is 342 g/mol. The highest BCUT2D eigenvalue weighted by atomic mass is 19.1. The lowest BCUT2D eigenvalue weighted by Gasteiger charge is -2.15. The van der Waals surface area contributed by atoms with Crippen molar-refractivity contribution < 1.29 is 13.9 Å². The van der Waals surface area contributed by atoms with Crippen molar-refractivity contribution in [2.75, 3.05) is 30.8 Å². The van der Waals surface area contributed by atoms with Gasteiger partial charge in [-0.15, -0.1) is 0 Å². The molecule has 1 aliphatic rings. The Morgan fingerprint density at radius 3 is 3.08 bits per heavy atom. The van der Waals surface area contributed by atoms with Gasteiger partial charge in [0.15, 0.2) is 5.65 Å². The summed E-state index contributed by atoms with van der Waals surface area (Å²) in [5, 5.41) is 13.1. The number of halogens is 1. The molecule has 1 amide bonds. The molecule has 2 aromatic heterocycles. The molecule has 3 aromatic rings. The van der Waals surface area contributed by atoms with Gasteiger partial charge in [0, 0.05) is 19.2 Å². The Morgan fingerprint density at radius 1 is 1.36 bits per heavy atom. The summed E-state index contributed by atoms with van der Waals surface area (Å²) in [6, 6.07) is 5.94. The summed E-state index contributed by atoms with van der Waals surface area (Å²) in [5.74, 6) is 0.757. The van der Waals surface area contributed by atoms with Crippen molar-refractivity contribution in [1.82, 2.24) is 19.9 Å². The highest BCUT2D eigenvalue weighted by Crippen LogP contribution is 2.29. The van der Waals surface area contributed by atoms with E-state index in [-0.39, 0.29) is 19.1 Å². The number of benzene rings is 1. The number of hydrogen-bond donors (Lipinski definition) is 3. The van der Waals surface area contributed by atoms with E-state index < -0.39 is 5.82 Å². The predicted octanol–water partition coefficient (Wildman–Crippen LogP) is 1.78. The highest BCUT2D eigenvalue weighted by Gasteiger charge is 2.18. The molecule has 9 heteroatoms. The van der Waals surface area contributed by atoms with Crippen molar-refractivity contribution >= 4 is 28.9 Å². The molecule has 0 saturated heterocycles. The predicted molar refractivity (Wildman–Crippen MR) is 90.0 cm³/mol. The van der Waals surface area contributed by atoms with Crippen molar-refractivity contribution in [2.24, 2.45) is 0 Å². The quantitative estimate of drug-likeness (QED) is 0.624. The van der Waals surface area contributed by atoms with Crippen LogP contribution >= 0.6 is 0 Å². The molecule has 0 fully saturated rings. The van der Waals surface area contributed by atoms with Gasteiger partial charge in [0.05, 0.1) is 18.4 Å². The molecule has 128 valence electrons. The lowest BCUT2D eigenvalue weighted by atomic mass is 10.2. The van der Waals surface area contributed by atoms with E-state index in [2.05, 4.69) is 26.0 Å². The van der Waals surface area contributed by atoms with E-state index in [4.69, 9.17) is 4.74 Å². The summed E-state index contributed by atoms with van der Waals surface area (Å²) in [4.78, 5) is 16.8. The molecule has 25 heavy (non-hydrogen) atoms. The van der Waals surface area contributed by atoms with Gasteiger partial charge in [0.25, 0.3) is 5.91 Å². The lowest BCUT2D eigenvalue weighted by molar-refractivity contribution is 0.0948. The first-order valence-electron chi connectivity index (χ1n) is 7.70. The van der Waals surface area contributed by atoms with Crippen molar-refractivity contribution in [2.45, 2.75) is 0 Å². The summed E-state index contributed by atoms with van der Waals surface area (Å²) < 4.78 is 20.7. The van der Waals surface area contributed by atoms with Crippen molar-refractivity contribution in [3.8, 4) is 5.75 Å². The number of ether oxygens (including phenoxy) is 1. The molecule has 0 saturated carbocycles. The van der Waals surface area contributed by atoms with Gasteiger partial charge in [-0.3, -0.25) is 4.79 Å². The van der Waals surface area contributed by atoms with Gasteiger partial charge in [-0.05, 0) is 12.1 Å². The average molecular weight is 342 g/mol. The van der Waals surface area contributed by atoms with Gasteiger partial charge in [-0.1, -0.05) is 0 Å². The number of nitrogens with one attached hydrogen (secondary N) is 3. The third-order valence-corrected chi connectivity index (χ3v) is 3.82. The minimum atomic E-state index is -0.408. The summed E-state index contributed by atoms with van der Waals surface area (Å²) in [6.07, 6.45) is 1.47. The molecule has 0 aliphatic carbocycles. The maximum atomic E-state index is 13.5. The van der Waals surface area contributed by atoms with E-state index in [9.17, 15) is 9.18 Å². The Morgan fingerprint density at radius 2 is 2.24 bits per heavy atom. The number of carbonyl (C=O) groups excluding carboxylic acids is 1. The Bertz CT molecular complexity index is 971. The van der Waals surface area contributed by atoms with Crippen molar-refractivity contribution in [1.29, 1.82) is 0 Å². The normalized spacial score (nSPS) is 13.9. The second-order valence-corrected chi connectivity index (χ2v) is 5.44. The van der Waals surface area contributed by atoms with Crippen LogP contribution in [-0.2, 0) is 0 Å². The second-order valence-electron chi connectivity index (χ2n) is 5.44. The molecule has 0 unspecified atom stereocenters. The molecular formula is C16H15FN6O2. The first kappa shape index (κ1) is 15.2. The van der Waals surface area contributed by atoms with Gasteiger partial charge in [0.1, 0.15) is 35.4 Å². The third-order valence-electron chi connectivity index (χ3n) is 3.82. The molecule has 0 atom stereocenters. The van der Waals surface area contributed by atoms with E-state index in [1.54, 1.807) is 23.7 Å². The molecule has 2 bridgehead atoms. The van der Waals surface area contributed by atoms with Crippen LogP contribution in [0.1, 0.15) is 10.4 Å². The smallest absolute Gasteiger partial charge is 0.256 e. The van der Waals surface area contributed by atoms with E-state index in [0.717, 1.165) is 0 Å². The number of fused-ring (bicyclic) bond motifs is 2. The van der Waals surface area contributed by atoms with Crippen LogP contribution in [0.15, 0.2) is 30.5 Å². The van der Waals surface area contributed by atoms with Crippen LogP contribution in [0.2, 0.25) is 0 Å². The fourth-order valence-electron chi connectivity index (χ4n) is 2.64. The molecule has 1 aromatic carbocycles. The number of hydrogen-bond acceptors (Lipinski definition) is 6. The lowest BCUT2D eigenvalue weighted by Crippen LogP contribution is -2.28. The zero-order chi connectivity index (χ0) is 17.4. The molecule has 3 N–H and O–H groups in total. The van der Waals surface area contributed by atoms with Crippen molar-refractivity contribution in [3.63, 3.8) is 0 Å². The fraction of sp³-hybridized carbons (Fsp3) is 0.188. The van der Waals surface area contributed by atoms with Crippen LogP contribution in [0.4, 0.5) is 21.7 Å². The first-order chi connectivity index (χ1) is 12.2. The number of amides is 1. The van der Waals surface area contributed by atoms with E-state index >= 15 is 0 Å². The molecule has 3 heterocycles. The number of rotatable bonds is 1. The second kappa shape index (κ2) is 5.93. The zero-order valence-electron chi connectivity index (χ0n) is 13.3. The molecular weight excluding hydrogens is 327 g/mol. The molecule has 8 nitrogen and oxygen atoms in total. The summed E-state index contributed by atoms with van der Waals surface area (Å²) >= 11 is 0. The molecule has 0 radical (unpaired) electrons. The van der Waals surface area contributed by atoms with Gasteiger partial charge in [-0.25, -0.2) is 9.37 Å². The van der Waals surface area contributed by atoms with Crippen LogP contribution in [0.25, 0.3) is 5.65 Å². The summed E-state index contributed by atoms with van der Waals surface area (Å²) in [6.45, 7) is 0.474. The third kappa shape index (κ3) is 2.69.